The fourth-order valence-corrected chi connectivity index (χ4v) is 9.13. The van der Waals surface area contributed by atoms with E-state index in [-0.39, 0.29) is 12.5 Å². The fourth-order valence-electron chi connectivity index (χ4n) is 9.13. The molecule has 71 heavy (non-hydrogen) atoms. The topological polar surface area (TPSA) is 149 Å². The normalized spacial score (nSPS) is 19.8. The van der Waals surface area contributed by atoms with Crippen LogP contribution < -0.4 is 5.32 Å². The summed E-state index contributed by atoms with van der Waals surface area (Å²) in [5, 5.41) is 54.6. The minimum Gasteiger partial charge on any atom is -0.394 e. The molecule has 1 fully saturated rings. The van der Waals surface area contributed by atoms with Gasteiger partial charge in [0.05, 0.1) is 25.4 Å². The number of rotatable bonds is 50. The monoisotopic (exact) mass is 998 g/mol. The Morgan fingerprint density at radius 2 is 0.873 bits per heavy atom. The van der Waals surface area contributed by atoms with Crippen molar-refractivity contribution in [1.82, 2.24) is 5.32 Å². The molecule has 9 nitrogen and oxygen atoms in total. The molecule has 0 bridgehead atoms. The smallest absolute Gasteiger partial charge is 0.220 e. The SMILES string of the molecule is CC/C=C\C/C=C\C/C=C\C/C=C\C/C=C\CCCCCCCC(=O)NC(COC1OC(CO)C(O)C(O)C1O)C(O)/C=C/CCCCCCCCCCCCCCCCCCCCCCCCCCC. The summed E-state index contributed by atoms with van der Waals surface area (Å²) in [7, 11) is 0. The second-order valence-electron chi connectivity index (χ2n) is 20.4. The van der Waals surface area contributed by atoms with Crippen molar-refractivity contribution < 1.29 is 39.8 Å². The van der Waals surface area contributed by atoms with Crippen LogP contribution in [0.5, 0.6) is 0 Å². The predicted octanol–water partition coefficient (Wildman–Crippen LogP) is 14.8. The average molecular weight is 999 g/mol. The first-order valence-corrected chi connectivity index (χ1v) is 29.7. The fraction of sp³-hybridized carbons (Fsp3) is 0.790. The lowest BCUT2D eigenvalue weighted by atomic mass is 9.99. The van der Waals surface area contributed by atoms with Crippen molar-refractivity contribution >= 4 is 5.91 Å². The number of amides is 1. The highest BCUT2D eigenvalue weighted by Gasteiger charge is 2.44. The molecule has 1 aliphatic rings. The van der Waals surface area contributed by atoms with E-state index in [0.29, 0.717) is 6.42 Å². The molecule has 9 heteroatoms. The lowest BCUT2D eigenvalue weighted by Crippen LogP contribution is -2.60. The Labute approximate surface area is 436 Å². The lowest BCUT2D eigenvalue weighted by molar-refractivity contribution is -0.302. The zero-order valence-electron chi connectivity index (χ0n) is 45.7. The first kappa shape index (κ1) is 66.6. The van der Waals surface area contributed by atoms with Gasteiger partial charge in [0.1, 0.15) is 24.4 Å². The standard InChI is InChI=1S/C62H111NO8/c1-3-5-7-9-11-13-15-17-19-21-23-25-26-27-28-29-30-32-33-35-37-39-41-43-45-47-49-51-56(65)55(54-70-62-61(69)60(68)59(67)57(53-64)71-62)63-58(66)52-50-48-46-44-42-40-38-36-34-31-24-22-20-18-16-14-12-10-8-6-4-2/h6,8,12,14,18,20,24,31,36,38,49,51,55-57,59-62,64-65,67-69H,3-5,7,9-11,13,15-17,19,21-23,25-30,32-35,37,39-48,50,52-54H2,1-2H3,(H,63,66)/b8-6-,14-12-,20-18-,31-24-,38-36-,51-49+. The number of nitrogens with one attached hydrogen (secondary N) is 1. The van der Waals surface area contributed by atoms with Gasteiger partial charge in [-0.05, 0) is 64.2 Å². The van der Waals surface area contributed by atoms with Gasteiger partial charge >= 0.3 is 0 Å². The highest BCUT2D eigenvalue weighted by molar-refractivity contribution is 5.76. The quantitative estimate of drug-likeness (QED) is 0.0261. The number of carbonyl (C=O) groups excluding carboxylic acids is 1. The Kier molecular flexibility index (Phi) is 48.0. The Balaban J connectivity index is 2.23. The molecule has 0 spiro atoms. The summed E-state index contributed by atoms with van der Waals surface area (Å²) in [6.45, 7) is 3.67. The molecule has 0 aliphatic carbocycles. The Hall–Kier alpha value is -2.37. The van der Waals surface area contributed by atoms with Crippen molar-refractivity contribution in [3.8, 4) is 0 Å². The molecular formula is C62H111NO8. The van der Waals surface area contributed by atoms with Gasteiger partial charge in [-0.15, -0.1) is 0 Å². The Bertz CT molecular complexity index is 1340. The van der Waals surface area contributed by atoms with Gasteiger partial charge < -0.3 is 40.3 Å². The Morgan fingerprint density at radius 3 is 1.30 bits per heavy atom. The zero-order valence-corrected chi connectivity index (χ0v) is 45.7. The lowest BCUT2D eigenvalue weighted by Gasteiger charge is -2.40. The number of aliphatic hydroxyl groups is 5. The van der Waals surface area contributed by atoms with Crippen LogP contribution in [0, 0.1) is 0 Å². The van der Waals surface area contributed by atoms with Crippen LogP contribution in [0.2, 0.25) is 0 Å². The van der Waals surface area contributed by atoms with Crippen molar-refractivity contribution in [2.24, 2.45) is 0 Å². The van der Waals surface area contributed by atoms with Crippen LogP contribution in [-0.2, 0) is 14.3 Å². The van der Waals surface area contributed by atoms with Crippen LogP contribution in [0.25, 0.3) is 0 Å². The van der Waals surface area contributed by atoms with Gasteiger partial charge in [-0.3, -0.25) is 4.79 Å². The molecular weight excluding hydrogens is 887 g/mol. The number of hydrogen-bond donors (Lipinski definition) is 6. The van der Waals surface area contributed by atoms with Crippen LogP contribution in [0.4, 0.5) is 0 Å². The van der Waals surface area contributed by atoms with E-state index in [1.54, 1.807) is 6.08 Å². The molecule has 0 aromatic carbocycles. The zero-order chi connectivity index (χ0) is 51.5. The second-order valence-corrected chi connectivity index (χ2v) is 20.4. The van der Waals surface area contributed by atoms with Gasteiger partial charge in [-0.1, -0.05) is 260 Å². The molecule has 1 aliphatic heterocycles. The molecule has 1 rings (SSSR count). The third-order valence-electron chi connectivity index (χ3n) is 13.8. The van der Waals surface area contributed by atoms with Crippen molar-refractivity contribution in [2.75, 3.05) is 13.2 Å². The van der Waals surface area contributed by atoms with Gasteiger partial charge in [-0.25, -0.2) is 0 Å². The highest BCUT2D eigenvalue weighted by atomic mass is 16.7. The van der Waals surface area contributed by atoms with Crippen LogP contribution in [0.1, 0.15) is 258 Å². The summed E-state index contributed by atoms with van der Waals surface area (Å²) < 4.78 is 11.3. The summed E-state index contributed by atoms with van der Waals surface area (Å²) in [5.41, 5.74) is 0. The van der Waals surface area contributed by atoms with E-state index in [1.165, 1.54) is 148 Å². The summed E-state index contributed by atoms with van der Waals surface area (Å²) >= 11 is 0. The maximum absolute atomic E-state index is 13.1. The summed E-state index contributed by atoms with van der Waals surface area (Å²) in [6.07, 6.45) is 64.0. The third kappa shape index (κ3) is 40.7. The predicted molar refractivity (Wildman–Crippen MR) is 299 cm³/mol. The molecule has 7 unspecified atom stereocenters. The largest absolute Gasteiger partial charge is 0.394 e. The van der Waals surface area contributed by atoms with Gasteiger partial charge in [0.2, 0.25) is 5.91 Å². The van der Waals surface area contributed by atoms with Crippen molar-refractivity contribution in [3.05, 3.63) is 72.9 Å². The van der Waals surface area contributed by atoms with E-state index in [9.17, 15) is 30.3 Å². The molecule has 1 amide bonds. The maximum atomic E-state index is 13.1. The number of hydrogen-bond acceptors (Lipinski definition) is 8. The van der Waals surface area contributed by atoms with E-state index in [0.717, 1.165) is 89.9 Å². The minimum atomic E-state index is -1.57. The molecule has 7 atom stereocenters. The molecule has 0 aromatic heterocycles. The van der Waals surface area contributed by atoms with Crippen LogP contribution >= 0.6 is 0 Å². The Morgan fingerprint density at radius 1 is 0.493 bits per heavy atom. The van der Waals surface area contributed by atoms with Crippen LogP contribution in [-0.4, -0.2) is 87.5 Å². The third-order valence-corrected chi connectivity index (χ3v) is 13.8. The molecule has 0 radical (unpaired) electrons. The van der Waals surface area contributed by atoms with E-state index >= 15 is 0 Å². The maximum Gasteiger partial charge on any atom is 0.220 e. The van der Waals surface area contributed by atoms with Gasteiger partial charge in [-0.2, -0.15) is 0 Å². The summed E-state index contributed by atoms with van der Waals surface area (Å²) in [6, 6.07) is -0.821. The van der Waals surface area contributed by atoms with Crippen LogP contribution in [0.15, 0.2) is 72.9 Å². The first-order chi connectivity index (χ1) is 34.8. The second kappa shape index (κ2) is 51.1. The van der Waals surface area contributed by atoms with Crippen molar-refractivity contribution in [2.45, 2.75) is 301 Å². The summed E-state index contributed by atoms with van der Waals surface area (Å²) in [5.74, 6) is -0.196. The van der Waals surface area contributed by atoms with E-state index in [2.05, 4.69) is 79.9 Å². The van der Waals surface area contributed by atoms with Gasteiger partial charge in [0, 0.05) is 6.42 Å². The highest BCUT2D eigenvalue weighted by Crippen LogP contribution is 2.23. The van der Waals surface area contributed by atoms with E-state index < -0.39 is 49.5 Å². The number of ether oxygens (including phenoxy) is 2. The molecule has 0 saturated carbocycles. The molecule has 0 aromatic rings. The molecule has 1 heterocycles. The molecule has 412 valence electrons. The summed E-state index contributed by atoms with van der Waals surface area (Å²) in [4.78, 5) is 13.1. The van der Waals surface area contributed by atoms with E-state index in [4.69, 9.17) is 9.47 Å². The molecule has 1 saturated heterocycles. The number of allylic oxidation sites excluding steroid dienone is 11. The van der Waals surface area contributed by atoms with Gasteiger partial charge in [0.15, 0.2) is 6.29 Å². The van der Waals surface area contributed by atoms with Gasteiger partial charge in [0.25, 0.3) is 0 Å². The van der Waals surface area contributed by atoms with Crippen molar-refractivity contribution in [1.29, 1.82) is 0 Å². The minimum absolute atomic E-state index is 0.196. The number of unbranched alkanes of at least 4 members (excludes halogenated alkanes) is 30. The number of carbonyl (C=O) groups is 1. The first-order valence-electron chi connectivity index (χ1n) is 29.7. The van der Waals surface area contributed by atoms with Crippen LogP contribution in [0.3, 0.4) is 0 Å². The van der Waals surface area contributed by atoms with E-state index in [1.807, 2.05) is 6.08 Å². The molecule has 6 N–H and O–H groups in total. The van der Waals surface area contributed by atoms with Crippen molar-refractivity contribution in [3.63, 3.8) is 0 Å². The average Bonchev–Trinajstić information content (AvgIpc) is 3.37. The number of aliphatic hydroxyl groups excluding tert-OH is 5.